The Morgan fingerprint density at radius 1 is 1.44 bits per heavy atom. The molecule has 0 spiro atoms. The molecule has 0 aromatic heterocycles. The summed E-state index contributed by atoms with van der Waals surface area (Å²) in [5, 5.41) is 6.82. The maximum absolute atomic E-state index is 11.9. The van der Waals surface area contributed by atoms with E-state index in [1.54, 1.807) is 12.1 Å². The van der Waals surface area contributed by atoms with Crippen molar-refractivity contribution >= 4 is 50.7 Å². The zero-order valence-electron chi connectivity index (χ0n) is 9.60. The molecule has 1 aromatic carbocycles. The van der Waals surface area contributed by atoms with E-state index in [1.165, 1.54) is 0 Å². The van der Waals surface area contributed by atoms with Gasteiger partial charge in [0.15, 0.2) is 0 Å². The van der Waals surface area contributed by atoms with Gasteiger partial charge < -0.3 is 10.6 Å². The molecular weight excluding hydrogens is 339 g/mol. The van der Waals surface area contributed by atoms with Crippen LogP contribution in [0.5, 0.6) is 0 Å². The van der Waals surface area contributed by atoms with Crippen molar-refractivity contribution in [3.63, 3.8) is 0 Å². The van der Waals surface area contributed by atoms with Gasteiger partial charge in [-0.1, -0.05) is 23.2 Å². The minimum atomic E-state index is -0.0241. The Hall–Kier alpha value is -0.290. The average Bonchev–Trinajstić information content (AvgIpc) is 2.83. The third kappa shape index (κ3) is 3.38. The van der Waals surface area contributed by atoms with Crippen LogP contribution < -0.4 is 10.6 Å². The predicted octanol–water partition coefficient (Wildman–Crippen LogP) is 3.69. The Morgan fingerprint density at radius 3 is 2.89 bits per heavy atom. The minimum absolute atomic E-state index is 0.0241. The molecule has 0 bridgehead atoms. The first kappa shape index (κ1) is 14.1. The van der Waals surface area contributed by atoms with Crippen molar-refractivity contribution in [1.82, 2.24) is 5.32 Å². The van der Waals surface area contributed by atoms with Crippen molar-refractivity contribution < 1.29 is 4.79 Å². The maximum Gasteiger partial charge on any atom is 0.224 e. The lowest BCUT2D eigenvalue weighted by atomic mass is 10.0. The molecule has 3 nitrogen and oxygen atoms in total. The smallest absolute Gasteiger partial charge is 0.224 e. The van der Waals surface area contributed by atoms with Crippen molar-refractivity contribution in [1.29, 1.82) is 0 Å². The van der Waals surface area contributed by atoms with Crippen LogP contribution in [0.2, 0.25) is 10.0 Å². The second kappa shape index (κ2) is 6.24. The van der Waals surface area contributed by atoms with Crippen LogP contribution in [-0.4, -0.2) is 19.0 Å². The van der Waals surface area contributed by atoms with Crippen LogP contribution in [0, 0.1) is 5.92 Å². The summed E-state index contributed by atoms with van der Waals surface area (Å²) in [5.74, 6) is 0.388. The summed E-state index contributed by atoms with van der Waals surface area (Å²) in [4.78, 5) is 11.9. The molecule has 1 heterocycles. The second-order valence-corrected chi connectivity index (χ2v) is 5.94. The van der Waals surface area contributed by atoms with Gasteiger partial charge in [0.1, 0.15) is 0 Å². The van der Waals surface area contributed by atoms with Crippen LogP contribution in [-0.2, 0) is 4.79 Å². The normalized spacial score (nSPS) is 18.9. The molecule has 2 N–H and O–H groups in total. The number of nitrogens with one attached hydrogen (secondary N) is 2. The second-order valence-electron chi connectivity index (χ2n) is 4.33. The number of rotatable bonds is 3. The molecule has 1 fully saturated rings. The average molecular weight is 352 g/mol. The Kier molecular flexibility index (Phi) is 4.90. The molecule has 1 aliphatic rings. The minimum Gasteiger partial charge on any atom is -0.325 e. The van der Waals surface area contributed by atoms with E-state index in [0.717, 1.165) is 19.5 Å². The topological polar surface area (TPSA) is 41.1 Å². The first-order valence-corrected chi connectivity index (χ1v) is 7.27. The highest BCUT2D eigenvalue weighted by molar-refractivity contribution is 9.10. The van der Waals surface area contributed by atoms with E-state index in [9.17, 15) is 4.79 Å². The molecule has 1 saturated heterocycles. The molecule has 0 saturated carbocycles. The van der Waals surface area contributed by atoms with Gasteiger partial charge in [-0.05, 0) is 53.5 Å². The van der Waals surface area contributed by atoms with E-state index in [1.807, 2.05) is 0 Å². The Bertz CT molecular complexity index is 462. The number of anilines is 1. The van der Waals surface area contributed by atoms with Gasteiger partial charge in [0.25, 0.3) is 0 Å². The fraction of sp³-hybridized carbons (Fsp3) is 0.417. The van der Waals surface area contributed by atoms with E-state index < -0.39 is 0 Å². The first-order chi connectivity index (χ1) is 8.58. The lowest BCUT2D eigenvalue weighted by Gasteiger charge is -2.11. The van der Waals surface area contributed by atoms with Crippen LogP contribution >= 0.6 is 39.1 Å². The molecule has 1 aliphatic heterocycles. The van der Waals surface area contributed by atoms with Crippen molar-refractivity contribution in [3.8, 4) is 0 Å². The zero-order chi connectivity index (χ0) is 13.1. The Labute approximate surface area is 124 Å². The third-order valence-corrected chi connectivity index (χ3v) is 4.72. The van der Waals surface area contributed by atoms with Gasteiger partial charge in [-0.2, -0.15) is 0 Å². The van der Waals surface area contributed by atoms with Gasteiger partial charge in [0, 0.05) is 10.9 Å². The van der Waals surface area contributed by atoms with Crippen molar-refractivity contribution in [2.24, 2.45) is 5.92 Å². The number of hydrogen-bond acceptors (Lipinski definition) is 2. The quantitative estimate of drug-likeness (QED) is 0.815. The molecular formula is C12H13BrCl2N2O. The molecule has 0 radical (unpaired) electrons. The summed E-state index contributed by atoms with van der Waals surface area (Å²) in [7, 11) is 0. The number of carbonyl (C=O) groups excluding carboxylic acids is 1. The van der Waals surface area contributed by atoms with Crippen molar-refractivity contribution in [2.75, 3.05) is 18.4 Å². The molecule has 2 rings (SSSR count). The highest BCUT2D eigenvalue weighted by atomic mass is 79.9. The van der Waals surface area contributed by atoms with E-state index >= 15 is 0 Å². The molecule has 18 heavy (non-hydrogen) atoms. The standard InChI is InChI=1S/C12H13BrCl2N2O/c13-8-1-2-9(12(15)11(8)14)17-10(18)5-7-3-4-16-6-7/h1-2,7,16H,3-6H2,(H,17,18). The van der Waals surface area contributed by atoms with E-state index in [4.69, 9.17) is 23.2 Å². The summed E-state index contributed by atoms with van der Waals surface area (Å²) >= 11 is 15.3. The van der Waals surface area contributed by atoms with Crippen LogP contribution in [0.1, 0.15) is 12.8 Å². The number of hydrogen-bond donors (Lipinski definition) is 2. The molecule has 6 heteroatoms. The summed E-state index contributed by atoms with van der Waals surface area (Å²) in [6, 6.07) is 3.50. The fourth-order valence-corrected chi connectivity index (χ4v) is 2.80. The van der Waals surface area contributed by atoms with Gasteiger partial charge in [0.05, 0.1) is 15.7 Å². The monoisotopic (exact) mass is 350 g/mol. The molecule has 1 aromatic rings. The van der Waals surface area contributed by atoms with Gasteiger partial charge in [-0.25, -0.2) is 0 Å². The van der Waals surface area contributed by atoms with Crippen LogP contribution in [0.25, 0.3) is 0 Å². The van der Waals surface area contributed by atoms with Gasteiger partial charge in [-0.15, -0.1) is 0 Å². The summed E-state index contributed by atoms with van der Waals surface area (Å²) < 4.78 is 0.715. The predicted molar refractivity (Wildman–Crippen MR) is 78.4 cm³/mol. The van der Waals surface area contributed by atoms with Gasteiger partial charge in [0.2, 0.25) is 5.91 Å². The summed E-state index contributed by atoms with van der Waals surface area (Å²) in [6.07, 6.45) is 1.55. The van der Waals surface area contributed by atoms with Gasteiger partial charge in [-0.3, -0.25) is 4.79 Å². The number of halogens is 3. The summed E-state index contributed by atoms with van der Waals surface area (Å²) in [6.45, 7) is 1.89. The highest BCUT2D eigenvalue weighted by Gasteiger charge is 2.19. The SMILES string of the molecule is O=C(CC1CCNC1)Nc1ccc(Br)c(Cl)c1Cl. The Morgan fingerprint density at radius 2 is 2.22 bits per heavy atom. The largest absolute Gasteiger partial charge is 0.325 e. The lowest BCUT2D eigenvalue weighted by Crippen LogP contribution is -2.18. The molecule has 98 valence electrons. The van der Waals surface area contributed by atoms with E-state index in [2.05, 4.69) is 26.6 Å². The van der Waals surface area contributed by atoms with E-state index in [-0.39, 0.29) is 5.91 Å². The molecule has 1 atom stereocenters. The zero-order valence-corrected chi connectivity index (χ0v) is 12.7. The highest BCUT2D eigenvalue weighted by Crippen LogP contribution is 2.35. The Balaban J connectivity index is 2.00. The van der Waals surface area contributed by atoms with Gasteiger partial charge >= 0.3 is 0 Å². The lowest BCUT2D eigenvalue weighted by molar-refractivity contribution is -0.116. The first-order valence-electron chi connectivity index (χ1n) is 5.72. The maximum atomic E-state index is 11.9. The van der Waals surface area contributed by atoms with E-state index in [0.29, 0.717) is 32.5 Å². The molecule has 0 aliphatic carbocycles. The summed E-state index contributed by atoms with van der Waals surface area (Å²) in [5.41, 5.74) is 0.556. The van der Waals surface area contributed by atoms with Crippen molar-refractivity contribution in [3.05, 3.63) is 26.7 Å². The number of carbonyl (C=O) groups is 1. The molecule has 1 amide bonds. The van der Waals surface area contributed by atoms with Crippen LogP contribution in [0.4, 0.5) is 5.69 Å². The van der Waals surface area contributed by atoms with Crippen LogP contribution in [0.3, 0.4) is 0 Å². The number of benzene rings is 1. The number of amides is 1. The van der Waals surface area contributed by atoms with Crippen LogP contribution in [0.15, 0.2) is 16.6 Å². The molecule has 1 unspecified atom stereocenters. The fourth-order valence-electron chi connectivity index (χ4n) is 1.97. The third-order valence-electron chi connectivity index (χ3n) is 2.95. The van der Waals surface area contributed by atoms with Crippen molar-refractivity contribution in [2.45, 2.75) is 12.8 Å².